The van der Waals surface area contributed by atoms with Gasteiger partial charge < -0.3 is 14.0 Å². The minimum Gasteiger partial charge on any atom is -0.495 e. The lowest BCUT2D eigenvalue weighted by Crippen LogP contribution is -2.25. The average molecular weight is 580 g/mol. The highest BCUT2D eigenvalue weighted by atomic mass is 35.5. The van der Waals surface area contributed by atoms with Gasteiger partial charge in [0.15, 0.2) is 5.15 Å². The van der Waals surface area contributed by atoms with Crippen LogP contribution in [0.4, 0.5) is 0 Å². The van der Waals surface area contributed by atoms with Crippen LogP contribution in [-0.2, 0) is 4.74 Å². The maximum absolute atomic E-state index is 13.5. The molecule has 0 fully saturated rings. The van der Waals surface area contributed by atoms with Gasteiger partial charge in [-0.15, -0.1) is 10.2 Å². The van der Waals surface area contributed by atoms with Crippen molar-refractivity contribution in [2.24, 2.45) is 0 Å². The molecule has 0 aliphatic heterocycles. The highest BCUT2D eigenvalue weighted by Gasteiger charge is 2.22. The molecule has 3 aromatic heterocycles. The van der Waals surface area contributed by atoms with Crippen molar-refractivity contribution in [1.29, 1.82) is 0 Å². The van der Waals surface area contributed by atoms with Crippen LogP contribution in [0.15, 0.2) is 71.9 Å². The van der Waals surface area contributed by atoms with E-state index in [9.17, 15) is 9.59 Å². The Kier molecular flexibility index (Phi) is 7.67. The van der Waals surface area contributed by atoms with Crippen molar-refractivity contribution in [1.82, 2.24) is 34.6 Å². The number of carbonyl (C=O) groups is 1. The third-order valence-corrected chi connectivity index (χ3v) is 6.74. The predicted octanol–water partition coefficient (Wildman–Crippen LogP) is 4.78. The van der Waals surface area contributed by atoms with Crippen LogP contribution < -0.4 is 10.3 Å². The van der Waals surface area contributed by atoms with Gasteiger partial charge in [-0.25, -0.2) is 14.2 Å². The van der Waals surface area contributed by atoms with Gasteiger partial charge in [0, 0.05) is 22.2 Å². The van der Waals surface area contributed by atoms with Crippen molar-refractivity contribution in [2.75, 3.05) is 14.2 Å². The third-order valence-electron chi connectivity index (χ3n) is 6.33. The molecule has 0 bridgehead atoms. The first-order valence-corrected chi connectivity index (χ1v) is 12.9. The molecule has 3 heterocycles. The first-order valence-electron chi connectivity index (χ1n) is 12.1. The van der Waals surface area contributed by atoms with Crippen LogP contribution in [0.3, 0.4) is 0 Å². The van der Waals surface area contributed by atoms with Crippen LogP contribution >= 0.6 is 23.2 Å². The number of halogens is 2. The number of benzene rings is 2. The van der Waals surface area contributed by atoms with Gasteiger partial charge in [0.05, 0.1) is 55.8 Å². The summed E-state index contributed by atoms with van der Waals surface area (Å²) in [6.07, 6.45) is 5.46. The van der Waals surface area contributed by atoms with Crippen LogP contribution in [0.5, 0.6) is 5.75 Å². The average Bonchev–Trinajstić information content (AvgIpc) is 3.63. The smallest absolute Gasteiger partial charge is 0.337 e. The van der Waals surface area contributed by atoms with E-state index in [0.717, 1.165) is 0 Å². The number of hydrogen-bond acceptors (Lipinski definition) is 8. The van der Waals surface area contributed by atoms with Crippen molar-refractivity contribution < 1.29 is 14.3 Å². The second-order valence-corrected chi connectivity index (χ2v) is 9.53. The van der Waals surface area contributed by atoms with E-state index in [1.54, 1.807) is 70.3 Å². The molecule has 0 saturated heterocycles. The van der Waals surface area contributed by atoms with Crippen molar-refractivity contribution in [3.05, 3.63) is 98.9 Å². The molecule has 5 rings (SSSR count). The van der Waals surface area contributed by atoms with Crippen LogP contribution in [0.2, 0.25) is 10.2 Å². The normalized spacial score (nSPS) is 11.8. The van der Waals surface area contributed by atoms with Gasteiger partial charge in [-0.1, -0.05) is 46.6 Å². The van der Waals surface area contributed by atoms with Gasteiger partial charge >= 0.3 is 5.97 Å². The van der Waals surface area contributed by atoms with E-state index in [0.29, 0.717) is 51.0 Å². The summed E-state index contributed by atoms with van der Waals surface area (Å²) in [4.78, 5) is 25.5. The Hall–Kier alpha value is -4.48. The van der Waals surface area contributed by atoms with Crippen molar-refractivity contribution >= 4 is 29.2 Å². The number of hydrogen-bond donors (Lipinski definition) is 0. The molecule has 0 N–H and O–H groups in total. The zero-order chi connectivity index (χ0) is 28.4. The molecule has 5 aromatic rings. The van der Waals surface area contributed by atoms with Gasteiger partial charge in [-0.3, -0.25) is 4.79 Å². The monoisotopic (exact) mass is 579 g/mol. The zero-order valence-corrected chi connectivity index (χ0v) is 23.2. The minimum absolute atomic E-state index is 0.221. The minimum atomic E-state index is -0.456. The standard InChI is InChI=1S/C27H23Cl2N7O4/c1-4-22(21-13-35(32-30-21)18-7-5-6-16(10-18)27(38)40-3)34-14-24(39-2)20(12-26(34)37)19-11-17(28)8-9-23(19)36-15-25(29)31-33-36/h5-15,22H,4H2,1-3H3. The maximum atomic E-state index is 13.5. The number of pyridine rings is 1. The SMILES string of the molecule is CCC(c1cn(-c2cccc(C(=O)OC)c2)nn1)n1cc(OC)c(-c2cc(Cl)ccc2-n2cc(Cl)nn2)cc1=O. The number of ether oxygens (including phenoxy) is 2. The molecule has 11 nitrogen and oxygen atoms in total. The van der Waals surface area contributed by atoms with Crippen LogP contribution in [0, 0.1) is 0 Å². The molecule has 1 atom stereocenters. The topological polar surface area (TPSA) is 119 Å². The van der Waals surface area contributed by atoms with Gasteiger partial charge in [0.25, 0.3) is 5.56 Å². The molecule has 0 radical (unpaired) electrons. The Bertz CT molecular complexity index is 1760. The van der Waals surface area contributed by atoms with E-state index < -0.39 is 12.0 Å². The lowest BCUT2D eigenvalue weighted by Gasteiger charge is -2.19. The van der Waals surface area contributed by atoms with E-state index in [-0.39, 0.29) is 10.7 Å². The second-order valence-electron chi connectivity index (χ2n) is 8.70. The Labute approximate surface area is 238 Å². The quantitative estimate of drug-likeness (QED) is 0.241. The number of aromatic nitrogens is 7. The molecule has 0 aliphatic rings. The van der Waals surface area contributed by atoms with E-state index in [4.69, 9.17) is 32.7 Å². The van der Waals surface area contributed by atoms with Crippen molar-refractivity contribution in [3.63, 3.8) is 0 Å². The predicted molar refractivity (Wildman–Crippen MR) is 149 cm³/mol. The summed E-state index contributed by atoms with van der Waals surface area (Å²) in [6.45, 7) is 1.94. The molecule has 0 saturated carbocycles. The number of carbonyl (C=O) groups excluding carboxylic acids is 1. The largest absolute Gasteiger partial charge is 0.495 e. The number of nitrogens with zero attached hydrogens (tertiary/aromatic N) is 7. The van der Waals surface area contributed by atoms with Crippen molar-refractivity contribution in [2.45, 2.75) is 19.4 Å². The molecular weight excluding hydrogens is 557 g/mol. The summed E-state index contributed by atoms with van der Waals surface area (Å²) in [6, 6.07) is 13.1. The first-order chi connectivity index (χ1) is 19.3. The Morgan fingerprint density at radius 1 is 0.950 bits per heavy atom. The summed E-state index contributed by atoms with van der Waals surface area (Å²) < 4.78 is 15.1. The number of rotatable bonds is 8. The summed E-state index contributed by atoms with van der Waals surface area (Å²) in [7, 11) is 2.85. The van der Waals surface area contributed by atoms with Gasteiger partial charge in [0.1, 0.15) is 11.4 Å². The zero-order valence-electron chi connectivity index (χ0n) is 21.7. The summed E-state index contributed by atoms with van der Waals surface area (Å²) >= 11 is 12.3. The molecule has 40 heavy (non-hydrogen) atoms. The van der Waals surface area contributed by atoms with E-state index in [2.05, 4.69) is 20.6 Å². The lowest BCUT2D eigenvalue weighted by molar-refractivity contribution is 0.0600. The highest BCUT2D eigenvalue weighted by molar-refractivity contribution is 6.31. The summed E-state index contributed by atoms with van der Waals surface area (Å²) in [5.74, 6) is -0.0203. The molecule has 204 valence electrons. The Morgan fingerprint density at radius 3 is 2.45 bits per heavy atom. The molecule has 0 spiro atoms. The fourth-order valence-corrected chi connectivity index (χ4v) is 4.73. The lowest BCUT2D eigenvalue weighted by atomic mass is 10.0. The second kappa shape index (κ2) is 11.3. The first kappa shape index (κ1) is 27.1. The number of esters is 1. The van der Waals surface area contributed by atoms with Crippen LogP contribution in [0.25, 0.3) is 22.5 Å². The fourth-order valence-electron chi connectivity index (χ4n) is 4.43. The molecule has 2 aromatic carbocycles. The summed E-state index contributed by atoms with van der Waals surface area (Å²) in [5, 5.41) is 17.1. The molecule has 13 heteroatoms. The Balaban J connectivity index is 1.56. The van der Waals surface area contributed by atoms with Gasteiger partial charge in [-0.2, -0.15) is 0 Å². The van der Waals surface area contributed by atoms with E-state index in [1.165, 1.54) is 25.0 Å². The molecule has 1 unspecified atom stereocenters. The highest BCUT2D eigenvalue weighted by Crippen LogP contribution is 2.36. The van der Waals surface area contributed by atoms with E-state index >= 15 is 0 Å². The molecule has 0 amide bonds. The van der Waals surface area contributed by atoms with E-state index in [1.807, 2.05) is 6.92 Å². The Morgan fingerprint density at radius 2 is 1.75 bits per heavy atom. The van der Waals surface area contributed by atoms with Crippen LogP contribution in [-0.4, -0.2) is 54.7 Å². The van der Waals surface area contributed by atoms with Gasteiger partial charge in [0.2, 0.25) is 0 Å². The van der Waals surface area contributed by atoms with Gasteiger partial charge in [-0.05, 0) is 42.8 Å². The fraction of sp³-hybridized carbons (Fsp3) is 0.185. The van der Waals surface area contributed by atoms with Crippen molar-refractivity contribution in [3.8, 4) is 28.3 Å². The van der Waals surface area contributed by atoms with Crippen LogP contribution in [0.1, 0.15) is 35.4 Å². The molecule has 0 aliphatic carbocycles. The molecular formula is C27H23Cl2N7O4. The maximum Gasteiger partial charge on any atom is 0.337 e. The summed E-state index contributed by atoms with van der Waals surface area (Å²) in [5.41, 5.74) is 3.03. The number of methoxy groups -OCH3 is 2. The third kappa shape index (κ3) is 5.21.